The molecule has 0 aliphatic rings. The molecular formula is C28H34N6O2S. The third-order valence-electron chi connectivity index (χ3n) is 6.04. The van der Waals surface area contributed by atoms with Crippen molar-refractivity contribution < 1.29 is 9.47 Å². The smallest absolute Gasteiger partial charge is 0.175 e. The highest BCUT2D eigenvalue weighted by atomic mass is 32.1. The molecule has 4 rings (SSSR count). The Kier molecular flexibility index (Phi) is 8.45. The fourth-order valence-corrected chi connectivity index (χ4v) is 4.37. The van der Waals surface area contributed by atoms with Crippen LogP contribution in [-0.4, -0.2) is 37.9 Å². The van der Waals surface area contributed by atoms with Crippen molar-refractivity contribution in [2.24, 2.45) is 0 Å². The van der Waals surface area contributed by atoms with Crippen molar-refractivity contribution in [3.63, 3.8) is 0 Å². The van der Waals surface area contributed by atoms with Crippen molar-refractivity contribution in [2.75, 3.05) is 23.8 Å². The van der Waals surface area contributed by atoms with E-state index >= 15 is 0 Å². The highest BCUT2D eigenvalue weighted by Gasteiger charge is 2.14. The van der Waals surface area contributed by atoms with E-state index in [-0.39, 0.29) is 0 Å². The van der Waals surface area contributed by atoms with Crippen LogP contribution in [0.3, 0.4) is 0 Å². The Balaban J connectivity index is 1.39. The van der Waals surface area contributed by atoms with Crippen LogP contribution in [0.1, 0.15) is 41.9 Å². The van der Waals surface area contributed by atoms with Crippen LogP contribution in [0.25, 0.3) is 0 Å². The molecule has 2 aromatic heterocycles. The fraction of sp³-hybridized carbons (Fsp3) is 0.321. The molecule has 0 radical (unpaired) electrons. The van der Waals surface area contributed by atoms with Crippen LogP contribution >= 0.6 is 12.2 Å². The standard InChI is InChI=1S/C28H34N6O2S/c1-6-35-25-13-12-22(14-26(25)36-7-2)16-33-18-24(15-29-33)30-28(37)31-27-20(4)32-34(21(27)5)17-23-11-9-8-10-19(23)3/h8-15,18H,6-7,16-17H2,1-5H3,(H2,30,31,37). The van der Waals surface area contributed by atoms with E-state index in [4.69, 9.17) is 26.8 Å². The van der Waals surface area contributed by atoms with Gasteiger partial charge in [-0.1, -0.05) is 30.3 Å². The second-order valence-electron chi connectivity index (χ2n) is 8.78. The van der Waals surface area contributed by atoms with Gasteiger partial charge in [-0.25, -0.2) is 0 Å². The molecule has 0 atom stereocenters. The zero-order chi connectivity index (χ0) is 26.4. The Bertz CT molecular complexity index is 1380. The molecule has 8 nitrogen and oxygen atoms in total. The SMILES string of the molecule is CCOc1ccc(Cn2cc(NC(=S)Nc3c(C)nn(Cc4ccccc4C)c3C)cn2)cc1OCC. The number of hydrogen-bond acceptors (Lipinski definition) is 5. The zero-order valence-electron chi connectivity index (χ0n) is 22.0. The Morgan fingerprint density at radius 1 is 0.946 bits per heavy atom. The summed E-state index contributed by atoms with van der Waals surface area (Å²) < 4.78 is 15.3. The van der Waals surface area contributed by atoms with E-state index in [0.717, 1.165) is 39.8 Å². The third-order valence-corrected chi connectivity index (χ3v) is 6.25. The number of thiocarbonyl (C=S) groups is 1. The molecule has 0 saturated carbocycles. The van der Waals surface area contributed by atoms with Crippen LogP contribution in [0.15, 0.2) is 54.9 Å². The lowest BCUT2D eigenvalue weighted by Gasteiger charge is -2.12. The minimum absolute atomic E-state index is 0.487. The highest BCUT2D eigenvalue weighted by Crippen LogP contribution is 2.29. The first kappa shape index (κ1) is 26.2. The number of nitrogens with one attached hydrogen (secondary N) is 2. The fourth-order valence-electron chi connectivity index (χ4n) is 4.15. The van der Waals surface area contributed by atoms with Gasteiger partial charge in [-0.15, -0.1) is 0 Å². The lowest BCUT2D eigenvalue weighted by molar-refractivity contribution is 0.287. The summed E-state index contributed by atoms with van der Waals surface area (Å²) in [4.78, 5) is 0. The van der Waals surface area contributed by atoms with Crippen LogP contribution in [0.5, 0.6) is 11.5 Å². The Morgan fingerprint density at radius 3 is 2.46 bits per heavy atom. The average Bonchev–Trinajstić information content (AvgIpc) is 3.41. The van der Waals surface area contributed by atoms with Crippen LogP contribution in [0.2, 0.25) is 0 Å². The second-order valence-corrected chi connectivity index (χ2v) is 9.19. The molecule has 0 aliphatic heterocycles. The minimum Gasteiger partial charge on any atom is -0.490 e. The number of aromatic nitrogens is 4. The number of anilines is 2. The monoisotopic (exact) mass is 518 g/mol. The summed E-state index contributed by atoms with van der Waals surface area (Å²) in [5, 5.41) is 16.2. The molecular weight excluding hydrogens is 484 g/mol. The average molecular weight is 519 g/mol. The number of nitrogens with zero attached hydrogens (tertiary/aromatic N) is 4. The summed E-state index contributed by atoms with van der Waals surface area (Å²) in [6.45, 7) is 12.5. The van der Waals surface area contributed by atoms with Gasteiger partial charge in [0.15, 0.2) is 16.6 Å². The summed E-state index contributed by atoms with van der Waals surface area (Å²) >= 11 is 5.59. The summed E-state index contributed by atoms with van der Waals surface area (Å²) in [5.74, 6) is 1.49. The van der Waals surface area contributed by atoms with Crippen molar-refractivity contribution >= 4 is 28.7 Å². The predicted octanol–water partition coefficient (Wildman–Crippen LogP) is 5.71. The Labute approximate surface area is 223 Å². The van der Waals surface area contributed by atoms with Crippen LogP contribution in [-0.2, 0) is 13.1 Å². The molecule has 0 unspecified atom stereocenters. The molecule has 0 aliphatic carbocycles. The Hall–Kier alpha value is -3.85. The molecule has 37 heavy (non-hydrogen) atoms. The molecule has 0 saturated heterocycles. The summed E-state index contributed by atoms with van der Waals surface area (Å²) in [6.07, 6.45) is 3.68. The van der Waals surface area contributed by atoms with Crippen molar-refractivity contribution in [3.05, 3.63) is 82.9 Å². The van der Waals surface area contributed by atoms with E-state index < -0.39 is 0 Å². The molecule has 0 fully saturated rings. The van der Waals surface area contributed by atoms with E-state index in [9.17, 15) is 0 Å². The largest absolute Gasteiger partial charge is 0.490 e. The van der Waals surface area contributed by atoms with Gasteiger partial charge in [-0.2, -0.15) is 10.2 Å². The first-order valence-corrected chi connectivity index (χ1v) is 12.9. The molecule has 2 heterocycles. The van der Waals surface area contributed by atoms with Crippen LogP contribution in [0, 0.1) is 20.8 Å². The van der Waals surface area contributed by atoms with Crippen LogP contribution in [0.4, 0.5) is 11.4 Å². The lowest BCUT2D eigenvalue weighted by Crippen LogP contribution is -2.19. The van der Waals surface area contributed by atoms with E-state index in [0.29, 0.717) is 31.4 Å². The molecule has 2 N–H and O–H groups in total. The lowest BCUT2D eigenvalue weighted by atomic mass is 10.1. The maximum absolute atomic E-state index is 5.74. The first-order chi connectivity index (χ1) is 17.9. The summed E-state index contributed by atoms with van der Waals surface area (Å²) in [6, 6.07) is 14.3. The van der Waals surface area contributed by atoms with Gasteiger partial charge in [0.25, 0.3) is 0 Å². The van der Waals surface area contributed by atoms with E-state index in [1.54, 1.807) is 6.20 Å². The number of benzene rings is 2. The normalized spacial score (nSPS) is 10.8. The second kappa shape index (κ2) is 11.9. The van der Waals surface area contributed by atoms with Gasteiger partial charge in [0, 0.05) is 6.20 Å². The van der Waals surface area contributed by atoms with Crippen LogP contribution < -0.4 is 20.1 Å². The molecule has 2 aromatic carbocycles. The molecule has 4 aromatic rings. The number of ether oxygens (including phenoxy) is 2. The summed E-state index contributed by atoms with van der Waals surface area (Å²) in [7, 11) is 0. The van der Waals surface area contributed by atoms with Crippen molar-refractivity contribution in [2.45, 2.75) is 47.7 Å². The molecule has 0 spiro atoms. The quantitative estimate of drug-likeness (QED) is 0.261. The van der Waals surface area contributed by atoms with Gasteiger partial charge in [0.1, 0.15) is 0 Å². The van der Waals surface area contributed by atoms with E-state index in [2.05, 4.69) is 53.8 Å². The maximum atomic E-state index is 5.74. The van der Waals surface area contributed by atoms with Gasteiger partial charge in [-0.05, 0) is 75.7 Å². The number of rotatable bonds is 10. The minimum atomic E-state index is 0.487. The molecule has 0 amide bonds. The summed E-state index contributed by atoms with van der Waals surface area (Å²) in [5.41, 5.74) is 7.20. The maximum Gasteiger partial charge on any atom is 0.175 e. The van der Waals surface area contributed by atoms with Gasteiger partial charge < -0.3 is 20.1 Å². The first-order valence-electron chi connectivity index (χ1n) is 12.4. The predicted molar refractivity (Wildman–Crippen MR) is 152 cm³/mol. The Morgan fingerprint density at radius 2 is 1.70 bits per heavy atom. The van der Waals surface area contributed by atoms with Gasteiger partial charge >= 0.3 is 0 Å². The highest BCUT2D eigenvalue weighted by molar-refractivity contribution is 7.80. The van der Waals surface area contributed by atoms with E-state index in [1.165, 1.54) is 11.1 Å². The van der Waals surface area contributed by atoms with Gasteiger partial charge in [-0.3, -0.25) is 9.36 Å². The van der Waals surface area contributed by atoms with Gasteiger partial charge in [0.05, 0.1) is 55.3 Å². The van der Waals surface area contributed by atoms with Crippen molar-refractivity contribution in [1.82, 2.24) is 19.6 Å². The molecule has 9 heteroatoms. The van der Waals surface area contributed by atoms with Crippen molar-refractivity contribution in [3.8, 4) is 11.5 Å². The van der Waals surface area contributed by atoms with Crippen molar-refractivity contribution in [1.29, 1.82) is 0 Å². The molecule has 0 bridgehead atoms. The third kappa shape index (κ3) is 6.48. The molecule has 194 valence electrons. The number of hydrogen-bond donors (Lipinski definition) is 2. The number of aryl methyl sites for hydroxylation is 2. The zero-order valence-corrected chi connectivity index (χ0v) is 22.9. The van der Waals surface area contributed by atoms with E-state index in [1.807, 2.05) is 54.5 Å². The topological polar surface area (TPSA) is 78.2 Å². The van der Waals surface area contributed by atoms with Gasteiger partial charge in [0.2, 0.25) is 0 Å².